The summed E-state index contributed by atoms with van der Waals surface area (Å²) >= 11 is 0. The highest BCUT2D eigenvalue weighted by atomic mass is 15.2. The molecular weight excluding hydrogens is 404 g/mol. The zero-order chi connectivity index (χ0) is 22.1. The number of aromatic nitrogens is 3. The minimum atomic E-state index is -0.0311. The molecule has 0 radical (unpaired) electrons. The summed E-state index contributed by atoms with van der Waals surface area (Å²) in [6.45, 7) is 2.18. The third-order valence-electron chi connectivity index (χ3n) is 7.09. The Bertz CT molecular complexity index is 1800. The van der Waals surface area contributed by atoms with Crippen LogP contribution in [0.1, 0.15) is 25.9 Å². The van der Waals surface area contributed by atoms with E-state index in [1.165, 1.54) is 49.1 Å². The largest absolute Gasteiger partial charge is 0.308 e. The number of nitrogens with two attached hydrogens (primary N) is 1. The van der Waals surface area contributed by atoms with Crippen molar-refractivity contribution in [3.05, 3.63) is 91.3 Å². The predicted molar refractivity (Wildman–Crippen MR) is 136 cm³/mol. The van der Waals surface area contributed by atoms with Gasteiger partial charge in [0.25, 0.3) is 6.33 Å². The first-order valence-corrected chi connectivity index (χ1v) is 11.7. The molecule has 33 heavy (non-hydrogen) atoms. The van der Waals surface area contributed by atoms with Gasteiger partial charge in [-0.25, -0.2) is 4.57 Å². The molecule has 0 saturated heterocycles. The van der Waals surface area contributed by atoms with Crippen molar-refractivity contribution in [2.45, 2.75) is 25.9 Å². The predicted octanol–water partition coefficient (Wildman–Crippen LogP) is 6.33. The highest BCUT2D eigenvalue weighted by Crippen LogP contribution is 2.39. The molecule has 2 N–H and O–H groups in total. The van der Waals surface area contributed by atoms with Gasteiger partial charge in [-0.3, -0.25) is 5.73 Å². The maximum atomic E-state index is 6.55. The maximum absolute atomic E-state index is 6.55. The number of rotatable bonds is 4. The molecule has 3 aromatic heterocycles. The molecule has 160 valence electrons. The molecule has 0 saturated carbocycles. The number of fused-ring (bicyclic) bond motifs is 7. The zero-order valence-electron chi connectivity index (χ0n) is 18.6. The molecule has 3 heterocycles. The van der Waals surface area contributed by atoms with Crippen LogP contribution in [0.2, 0.25) is 0 Å². The van der Waals surface area contributed by atoms with E-state index in [0.29, 0.717) is 0 Å². The first-order valence-electron chi connectivity index (χ1n) is 11.7. The van der Waals surface area contributed by atoms with E-state index >= 15 is 0 Å². The second-order valence-electron chi connectivity index (χ2n) is 8.99. The second-order valence-corrected chi connectivity index (χ2v) is 8.99. The lowest BCUT2D eigenvalue weighted by Crippen LogP contribution is -2.43. The van der Waals surface area contributed by atoms with Gasteiger partial charge >= 0.3 is 0 Å². The lowest BCUT2D eigenvalue weighted by molar-refractivity contribution is -0.699. The smallest absolute Gasteiger partial charge is 0.251 e. The van der Waals surface area contributed by atoms with Gasteiger partial charge in [-0.1, -0.05) is 61.9 Å². The minimum Gasteiger partial charge on any atom is -0.308 e. The molecule has 1 unspecified atom stereocenters. The Morgan fingerprint density at radius 1 is 0.758 bits per heavy atom. The fraction of sp³-hybridized carbons (Fsp3) is 0.138. The van der Waals surface area contributed by atoms with E-state index in [2.05, 4.69) is 112 Å². The fourth-order valence-corrected chi connectivity index (χ4v) is 5.61. The van der Waals surface area contributed by atoms with E-state index in [0.717, 1.165) is 18.5 Å². The van der Waals surface area contributed by atoms with Gasteiger partial charge in [-0.2, -0.15) is 4.57 Å². The Kier molecular flexibility index (Phi) is 3.85. The van der Waals surface area contributed by atoms with E-state index in [9.17, 15) is 0 Å². The highest BCUT2D eigenvalue weighted by molar-refractivity contribution is 6.23. The van der Waals surface area contributed by atoms with Crippen molar-refractivity contribution < 1.29 is 4.57 Å². The van der Waals surface area contributed by atoms with Crippen molar-refractivity contribution in [1.29, 1.82) is 0 Å². The number of imidazole rings is 1. The van der Waals surface area contributed by atoms with Crippen LogP contribution in [0.15, 0.2) is 91.3 Å². The average molecular weight is 430 g/mol. The molecule has 0 spiro atoms. The molecule has 7 aromatic rings. The van der Waals surface area contributed by atoms with Crippen LogP contribution >= 0.6 is 0 Å². The van der Waals surface area contributed by atoms with Gasteiger partial charge in [-0.15, -0.1) is 0 Å². The Morgan fingerprint density at radius 2 is 1.45 bits per heavy atom. The highest BCUT2D eigenvalue weighted by Gasteiger charge is 2.22. The van der Waals surface area contributed by atoms with Crippen molar-refractivity contribution in [3.63, 3.8) is 0 Å². The van der Waals surface area contributed by atoms with E-state index in [4.69, 9.17) is 5.73 Å². The van der Waals surface area contributed by atoms with E-state index in [1.807, 2.05) is 0 Å². The van der Waals surface area contributed by atoms with E-state index < -0.39 is 0 Å². The first-order chi connectivity index (χ1) is 16.3. The quantitative estimate of drug-likeness (QED) is 0.327. The molecule has 4 nitrogen and oxygen atoms in total. The van der Waals surface area contributed by atoms with Crippen molar-refractivity contribution in [3.8, 4) is 5.69 Å². The van der Waals surface area contributed by atoms with Gasteiger partial charge in [0, 0.05) is 28.0 Å². The average Bonchev–Trinajstić information content (AvgIpc) is 3.51. The maximum Gasteiger partial charge on any atom is 0.251 e. The second kappa shape index (κ2) is 6.80. The third kappa shape index (κ3) is 2.47. The normalized spacial score (nSPS) is 13.3. The van der Waals surface area contributed by atoms with Crippen LogP contribution in [-0.4, -0.2) is 8.97 Å². The standard InChI is InChI=1S/C29H25N4/c1-2-8-28(30)32-18-31(26-13-5-6-14-27(26)32)19-15-16-25-23(17-19)22-11-7-10-21-20-9-3-4-12-24(20)33(25)29(21)22/h3-7,9-18,28H,2,8,30H2,1H3/q+1. The zero-order valence-corrected chi connectivity index (χ0v) is 18.6. The summed E-state index contributed by atoms with van der Waals surface area (Å²) < 4.78 is 6.91. The van der Waals surface area contributed by atoms with Gasteiger partial charge in [0.1, 0.15) is 5.69 Å². The summed E-state index contributed by atoms with van der Waals surface area (Å²) in [4.78, 5) is 0. The number of hydrogen-bond donors (Lipinski definition) is 1. The van der Waals surface area contributed by atoms with E-state index in [-0.39, 0.29) is 6.17 Å². The Labute approximate surface area is 191 Å². The van der Waals surface area contributed by atoms with E-state index in [1.54, 1.807) is 0 Å². The van der Waals surface area contributed by atoms with Gasteiger partial charge in [0.2, 0.25) is 0 Å². The lowest BCUT2D eigenvalue weighted by Gasteiger charge is -2.06. The SMILES string of the molecule is CCCC(N)[n+]1cn(-c2ccc3c(c2)c2cccc4c5ccccc5n3c42)c2ccccc21. The Morgan fingerprint density at radius 3 is 2.30 bits per heavy atom. The number of benzene rings is 4. The Hall–Kier alpha value is -3.89. The molecule has 7 rings (SSSR count). The third-order valence-corrected chi connectivity index (χ3v) is 7.09. The van der Waals surface area contributed by atoms with Gasteiger partial charge < -0.3 is 4.40 Å². The first kappa shape index (κ1) is 18.7. The van der Waals surface area contributed by atoms with Crippen molar-refractivity contribution in [1.82, 2.24) is 8.97 Å². The number of nitrogens with zero attached hydrogens (tertiary/aromatic N) is 3. The van der Waals surface area contributed by atoms with Crippen LogP contribution in [0.5, 0.6) is 0 Å². The molecule has 0 aliphatic rings. The van der Waals surface area contributed by atoms with Crippen LogP contribution < -0.4 is 10.3 Å². The molecular formula is C29H25N4+. The minimum absolute atomic E-state index is 0.0311. The number of para-hydroxylation sites is 4. The van der Waals surface area contributed by atoms with Crippen LogP contribution in [0, 0.1) is 0 Å². The van der Waals surface area contributed by atoms with Gasteiger partial charge in [0.15, 0.2) is 17.2 Å². The summed E-state index contributed by atoms with van der Waals surface area (Å²) in [5.41, 5.74) is 13.9. The van der Waals surface area contributed by atoms with Crippen LogP contribution in [0.25, 0.3) is 54.8 Å². The number of hydrogen-bond acceptors (Lipinski definition) is 1. The van der Waals surface area contributed by atoms with Gasteiger partial charge in [0.05, 0.1) is 16.6 Å². The Balaban J connectivity index is 1.53. The monoisotopic (exact) mass is 429 g/mol. The summed E-state index contributed by atoms with van der Waals surface area (Å²) in [7, 11) is 0. The topological polar surface area (TPSA) is 39.2 Å². The summed E-state index contributed by atoms with van der Waals surface area (Å²) in [5, 5.41) is 5.20. The molecule has 0 amide bonds. The van der Waals surface area contributed by atoms with Crippen LogP contribution in [0.4, 0.5) is 0 Å². The molecule has 0 aliphatic carbocycles. The summed E-state index contributed by atoms with van der Waals surface area (Å²) in [6, 6.07) is 30.7. The fourth-order valence-electron chi connectivity index (χ4n) is 5.61. The van der Waals surface area contributed by atoms with Crippen molar-refractivity contribution >= 4 is 49.1 Å². The summed E-state index contributed by atoms with van der Waals surface area (Å²) in [6.07, 6.45) is 4.14. The molecule has 0 bridgehead atoms. The van der Waals surface area contributed by atoms with Crippen LogP contribution in [-0.2, 0) is 0 Å². The van der Waals surface area contributed by atoms with Crippen molar-refractivity contribution in [2.75, 3.05) is 0 Å². The van der Waals surface area contributed by atoms with Crippen LogP contribution in [0.3, 0.4) is 0 Å². The molecule has 0 fully saturated rings. The summed E-state index contributed by atoms with van der Waals surface area (Å²) in [5.74, 6) is 0. The molecule has 0 aliphatic heterocycles. The lowest BCUT2D eigenvalue weighted by atomic mass is 10.1. The van der Waals surface area contributed by atoms with Crippen molar-refractivity contribution in [2.24, 2.45) is 5.73 Å². The molecule has 4 aromatic carbocycles. The molecule has 1 atom stereocenters. The van der Waals surface area contributed by atoms with Gasteiger partial charge in [-0.05, 0) is 36.4 Å². The molecule has 4 heteroatoms.